The van der Waals surface area contributed by atoms with E-state index in [9.17, 15) is 4.79 Å². The van der Waals surface area contributed by atoms with Crippen LogP contribution in [0.4, 0.5) is 0 Å². The molecule has 0 amide bonds. The number of Topliss-reactive ketones (excluding diaryl/α,β-unsaturated/α-hetero) is 1. The van der Waals surface area contributed by atoms with Crippen molar-refractivity contribution in [1.29, 1.82) is 5.26 Å². The summed E-state index contributed by atoms with van der Waals surface area (Å²) in [6.07, 6.45) is 4.16. The first-order chi connectivity index (χ1) is 11.0. The Morgan fingerprint density at radius 2 is 1.74 bits per heavy atom. The van der Waals surface area contributed by atoms with Crippen LogP contribution in [0.3, 0.4) is 0 Å². The molecule has 0 bridgehead atoms. The van der Waals surface area contributed by atoms with Crippen LogP contribution in [-0.4, -0.2) is 5.78 Å². The number of carbonyl (C=O) groups is 1. The van der Waals surface area contributed by atoms with Gasteiger partial charge in [-0.05, 0) is 31.0 Å². The van der Waals surface area contributed by atoms with E-state index in [0.29, 0.717) is 18.1 Å². The molecule has 1 atom stereocenters. The summed E-state index contributed by atoms with van der Waals surface area (Å²) in [5.74, 6) is 0.707. The van der Waals surface area contributed by atoms with E-state index in [1.807, 2.05) is 66.7 Å². The molecule has 0 saturated heterocycles. The molecule has 1 aromatic carbocycles. The largest absolute Gasteiger partial charge is 0.299 e. The van der Waals surface area contributed by atoms with Gasteiger partial charge in [-0.15, -0.1) is 0 Å². The number of ketones is 1. The fourth-order valence-corrected chi connectivity index (χ4v) is 1.73. The summed E-state index contributed by atoms with van der Waals surface area (Å²) in [4.78, 5) is 11.0. The highest BCUT2D eigenvalue weighted by Crippen LogP contribution is 2.09. The second-order valence-electron chi connectivity index (χ2n) is 4.84. The van der Waals surface area contributed by atoms with E-state index in [-0.39, 0.29) is 0 Å². The van der Waals surface area contributed by atoms with Crippen molar-refractivity contribution in [1.82, 2.24) is 0 Å². The van der Waals surface area contributed by atoms with Crippen LogP contribution in [0.5, 0.6) is 0 Å². The molecule has 0 aromatic heterocycles. The van der Waals surface area contributed by atoms with Crippen LogP contribution in [0.1, 0.15) is 85.3 Å². The summed E-state index contributed by atoms with van der Waals surface area (Å²) in [7, 11) is 0. The number of carbonyl (C=O) groups excluding carboxylic acids is 1. The Balaban J connectivity index is -0.000000286. The van der Waals surface area contributed by atoms with Crippen molar-refractivity contribution in [3.63, 3.8) is 0 Å². The Morgan fingerprint density at radius 3 is 2.09 bits per heavy atom. The first kappa shape index (κ1) is 26.3. The molecule has 0 aliphatic carbocycles. The lowest BCUT2D eigenvalue weighted by Crippen LogP contribution is -2.08. The highest BCUT2D eigenvalue weighted by Gasteiger charge is 2.08. The third-order valence-corrected chi connectivity index (χ3v) is 3.04. The molecule has 0 saturated carbocycles. The molecule has 0 heterocycles. The third kappa shape index (κ3) is 16.6. The van der Waals surface area contributed by atoms with Gasteiger partial charge in [0.05, 0.1) is 11.6 Å². The minimum atomic E-state index is 0.296. The minimum absolute atomic E-state index is 0.296. The Morgan fingerprint density at radius 1 is 1.17 bits per heavy atom. The molecule has 2 heteroatoms. The van der Waals surface area contributed by atoms with Crippen molar-refractivity contribution < 1.29 is 4.79 Å². The van der Waals surface area contributed by atoms with Crippen LogP contribution in [0.25, 0.3) is 0 Å². The Bertz CT molecular complexity index is 418. The predicted molar refractivity (Wildman–Crippen MR) is 103 cm³/mol. The minimum Gasteiger partial charge on any atom is -0.299 e. The van der Waals surface area contributed by atoms with E-state index < -0.39 is 0 Å². The lowest BCUT2D eigenvalue weighted by atomic mass is 9.98. The van der Waals surface area contributed by atoms with Crippen LogP contribution >= 0.6 is 0 Å². The first-order valence-electron chi connectivity index (χ1n) is 9.04. The van der Waals surface area contributed by atoms with Crippen LogP contribution in [0.15, 0.2) is 24.3 Å². The molecule has 1 rings (SSSR count). The first-order valence-corrected chi connectivity index (χ1v) is 9.04. The smallest absolute Gasteiger partial charge is 0.135 e. The highest BCUT2D eigenvalue weighted by molar-refractivity contribution is 5.80. The van der Waals surface area contributed by atoms with Crippen LogP contribution < -0.4 is 0 Å². The van der Waals surface area contributed by atoms with Crippen molar-refractivity contribution in [2.75, 3.05) is 0 Å². The monoisotopic (exact) mass is 319 g/mol. The number of benzene rings is 1. The summed E-state index contributed by atoms with van der Waals surface area (Å²) in [5, 5.41) is 8.41. The molecule has 0 N–H and O–H groups in total. The van der Waals surface area contributed by atoms with Crippen molar-refractivity contribution in [2.45, 2.75) is 81.1 Å². The number of hydrogen-bond acceptors (Lipinski definition) is 2. The average molecular weight is 320 g/mol. The molecule has 132 valence electrons. The summed E-state index contributed by atoms with van der Waals surface area (Å²) >= 11 is 0. The van der Waals surface area contributed by atoms with Gasteiger partial charge in [0.25, 0.3) is 0 Å². The van der Waals surface area contributed by atoms with Crippen LogP contribution in [0, 0.1) is 24.2 Å². The molecule has 1 unspecified atom stereocenters. The fourth-order valence-electron chi connectivity index (χ4n) is 1.73. The number of nitrogens with zero attached hydrogens (tertiary/aromatic N) is 1. The standard InChI is InChI=1S/C9H18O.C8H7N.2C2H6/c1-4-6-7-8(3)9(10)5-2;1-7-3-2-4-8(5-7)6-9;2*1-2/h8H,4-7H2,1-3H3;2-5H,1H3;2*1-2H3. The number of nitriles is 1. The van der Waals surface area contributed by atoms with Crippen molar-refractivity contribution in [3.8, 4) is 6.07 Å². The van der Waals surface area contributed by atoms with Crippen molar-refractivity contribution >= 4 is 5.78 Å². The molecule has 0 fully saturated rings. The van der Waals surface area contributed by atoms with E-state index in [1.165, 1.54) is 12.8 Å². The highest BCUT2D eigenvalue weighted by atomic mass is 16.1. The quantitative estimate of drug-likeness (QED) is 0.605. The maximum atomic E-state index is 11.0. The van der Waals surface area contributed by atoms with E-state index >= 15 is 0 Å². The maximum Gasteiger partial charge on any atom is 0.135 e. The van der Waals surface area contributed by atoms with E-state index in [1.54, 1.807) is 6.07 Å². The Kier molecular flexibility index (Phi) is 23.3. The molecule has 1 aromatic rings. The Hall–Kier alpha value is -1.62. The topological polar surface area (TPSA) is 40.9 Å². The average Bonchev–Trinajstić information content (AvgIpc) is 2.62. The molecule has 0 aliphatic heterocycles. The molecular formula is C21H37NO. The van der Waals surface area contributed by atoms with E-state index in [4.69, 9.17) is 5.26 Å². The van der Waals surface area contributed by atoms with Gasteiger partial charge >= 0.3 is 0 Å². The second kappa shape index (κ2) is 20.4. The van der Waals surface area contributed by atoms with Gasteiger partial charge in [-0.1, -0.05) is 73.4 Å². The third-order valence-electron chi connectivity index (χ3n) is 3.04. The van der Waals surface area contributed by atoms with Crippen LogP contribution in [-0.2, 0) is 4.79 Å². The lowest BCUT2D eigenvalue weighted by Gasteiger charge is -2.06. The molecular weight excluding hydrogens is 282 g/mol. The number of rotatable bonds is 5. The van der Waals surface area contributed by atoms with E-state index in [0.717, 1.165) is 17.5 Å². The van der Waals surface area contributed by atoms with Gasteiger partial charge in [-0.3, -0.25) is 4.79 Å². The zero-order valence-corrected chi connectivity index (χ0v) is 16.6. The summed E-state index contributed by atoms with van der Waals surface area (Å²) in [6, 6.07) is 9.58. The normalized spacial score (nSPS) is 9.52. The summed E-state index contributed by atoms with van der Waals surface area (Å²) in [6.45, 7) is 16.1. The van der Waals surface area contributed by atoms with Crippen molar-refractivity contribution in [3.05, 3.63) is 35.4 Å². The van der Waals surface area contributed by atoms with Gasteiger partial charge in [0.2, 0.25) is 0 Å². The van der Waals surface area contributed by atoms with Crippen LogP contribution in [0.2, 0.25) is 0 Å². The van der Waals surface area contributed by atoms with Gasteiger partial charge in [-0.25, -0.2) is 0 Å². The molecule has 23 heavy (non-hydrogen) atoms. The molecule has 0 aliphatic rings. The molecule has 0 spiro atoms. The fraction of sp³-hybridized carbons (Fsp3) is 0.619. The summed E-state index contributed by atoms with van der Waals surface area (Å²) < 4.78 is 0. The number of unbranched alkanes of at least 4 members (excludes halogenated alkanes) is 1. The summed E-state index contributed by atoms with van der Waals surface area (Å²) in [5.41, 5.74) is 1.86. The van der Waals surface area contributed by atoms with Crippen molar-refractivity contribution in [2.24, 2.45) is 5.92 Å². The zero-order valence-electron chi connectivity index (χ0n) is 16.6. The van der Waals surface area contributed by atoms with Gasteiger partial charge in [0.1, 0.15) is 5.78 Å². The van der Waals surface area contributed by atoms with Gasteiger partial charge in [0.15, 0.2) is 0 Å². The SMILES string of the molecule is CC.CC.CCCCC(C)C(=O)CC.Cc1cccc(C#N)c1. The molecule has 0 radical (unpaired) electrons. The van der Waals surface area contributed by atoms with Gasteiger partial charge in [0, 0.05) is 12.3 Å². The van der Waals surface area contributed by atoms with Gasteiger partial charge in [-0.2, -0.15) is 5.26 Å². The van der Waals surface area contributed by atoms with Gasteiger partial charge < -0.3 is 0 Å². The number of hydrogen-bond donors (Lipinski definition) is 0. The maximum absolute atomic E-state index is 11.0. The lowest BCUT2D eigenvalue weighted by molar-refractivity contribution is -0.122. The molecule has 2 nitrogen and oxygen atoms in total. The van der Waals surface area contributed by atoms with E-state index in [2.05, 4.69) is 13.0 Å². The zero-order chi connectivity index (χ0) is 18.7. The Labute approximate surface area is 144 Å². The number of aryl methyl sites for hydroxylation is 1. The predicted octanol–water partition coefficient (Wildman–Crippen LogP) is 6.71. The second-order valence-corrected chi connectivity index (χ2v) is 4.84.